The number of aliphatic hydroxyl groups excluding tert-OH is 2. The van der Waals surface area contributed by atoms with Gasteiger partial charge in [0.15, 0.2) is 11.6 Å². The maximum absolute atomic E-state index is 11.9. The van der Waals surface area contributed by atoms with Crippen LogP contribution in [0.25, 0.3) is 0 Å². The van der Waals surface area contributed by atoms with Crippen LogP contribution in [0, 0.1) is 35.5 Å². The minimum absolute atomic E-state index is 0.0712. The van der Waals surface area contributed by atoms with E-state index in [2.05, 4.69) is 41.5 Å². The summed E-state index contributed by atoms with van der Waals surface area (Å²) in [6.45, 7) is 18.8. The number of aliphatic carboxylic acids is 1. The first-order valence-electron chi connectivity index (χ1n) is 19.6. The molecule has 0 aromatic heterocycles. The summed E-state index contributed by atoms with van der Waals surface area (Å²) in [5.74, 6) is -3.57. The zero-order valence-electron chi connectivity index (χ0n) is 32.4. The lowest BCUT2D eigenvalue weighted by Crippen LogP contribution is -2.57. The summed E-state index contributed by atoms with van der Waals surface area (Å²) >= 11 is 0. The first-order chi connectivity index (χ1) is 23.5. The predicted octanol–water partition coefficient (Wildman–Crippen LogP) is 5.71. The van der Waals surface area contributed by atoms with Crippen LogP contribution in [0.1, 0.15) is 120 Å². The molecule has 290 valence electrons. The molecule has 0 aliphatic carbocycles. The van der Waals surface area contributed by atoms with Gasteiger partial charge in [-0.1, -0.05) is 48.5 Å². The standard InChI is InChI=1S/C39H68O11/c1-11-17-45-39(21-40)24(5)18-22(3)31(49-39)29-19-23(4)34(46-29)37(12-2)14-13-30(47-37)36(9)15-16-38(50-36)20-28(41)25(6)33(48-38)26(7)32(44-10)27(8)35(42)43/h22-34,40-41H,11-21H2,1-10H3,(H,42,43). The van der Waals surface area contributed by atoms with Gasteiger partial charge in [0.1, 0.15) is 0 Å². The van der Waals surface area contributed by atoms with Gasteiger partial charge >= 0.3 is 5.97 Å². The number of carbonyl (C=O) groups is 1. The highest BCUT2D eigenvalue weighted by Crippen LogP contribution is 2.55. The van der Waals surface area contributed by atoms with Gasteiger partial charge < -0.3 is 48.5 Å². The predicted molar refractivity (Wildman–Crippen MR) is 186 cm³/mol. The molecule has 5 rings (SSSR count). The third-order valence-electron chi connectivity index (χ3n) is 13.6. The van der Waals surface area contributed by atoms with Crippen LogP contribution in [0.15, 0.2) is 0 Å². The summed E-state index contributed by atoms with van der Waals surface area (Å²) in [5.41, 5.74) is -1.11. The SMILES string of the molecule is CCCOC1(CO)OC(C2CC(C)C(C3(CC)CCC(C4(C)CCC5(CC(O)C(C)C(C(C)C(OC)C(C)C(=O)O)O5)O4)O3)O2)C(C)CC1C. The molecule has 50 heavy (non-hydrogen) atoms. The molecule has 17 atom stereocenters. The number of carboxylic acid groups (broad SMARTS) is 1. The smallest absolute Gasteiger partial charge is 0.308 e. The van der Waals surface area contributed by atoms with Crippen molar-refractivity contribution in [2.24, 2.45) is 35.5 Å². The Morgan fingerprint density at radius 3 is 2.34 bits per heavy atom. The van der Waals surface area contributed by atoms with Gasteiger partial charge in [-0.05, 0) is 70.6 Å². The van der Waals surface area contributed by atoms with Crippen LogP contribution in [-0.4, -0.2) is 107 Å². The Kier molecular flexibility index (Phi) is 12.5. The van der Waals surface area contributed by atoms with Crippen molar-refractivity contribution < 1.29 is 53.3 Å². The van der Waals surface area contributed by atoms with Crippen LogP contribution in [0.5, 0.6) is 0 Å². The lowest BCUT2D eigenvalue weighted by molar-refractivity contribution is -0.342. The summed E-state index contributed by atoms with van der Waals surface area (Å²) in [6.07, 6.45) is 4.46. The zero-order valence-corrected chi connectivity index (χ0v) is 32.4. The van der Waals surface area contributed by atoms with Crippen LogP contribution in [0.4, 0.5) is 0 Å². The quantitative estimate of drug-likeness (QED) is 0.216. The van der Waals surface area contributed by atoms with Crippen LogP contribution in [-0.2, 0) is 38.0 Å². The molecule has 5 aliphatic heterocycles. The van der Waals surface area contributed by atoms with Gasteiger partial charge in [0, 0.05) is 44.3 Å². The highest BCUT2D eigenvalue weighted by atomic mass is 16.7. The van der Waals surface area contributed by atoms with Crippen molar-refractivity contribution in [3.8, 4) is 0 Å². The molecule has 0 radical (unpaired) electrons. The molecule has 0 amide bonds. The first kappa shape index (κ1) is 40.3. The Hall–Kier alpha value is -0.890. The summed E-state index contributed by atoms with van der Waals surface area (Å²) in [6, 6.07) is 0. The Bertz CT molecular complexity index is 1160. The lowest BCUT2D eigenvalue weighted by Gasteiger charge is -2.49. The van der Waals surface area contributed by atoms with Crippen LogP contribution in [0.3, 0.4) is 0 Å². The normalized spacial score (nSPS) is 48.6. The highest BCUT2D eigenvalue weighted by molar-refractivity contribution is 5.70. The number of hydrogen-bond donors (Lipinski definition) is 3. The van der Waals surface area contributed by atoms with Crippen molar-refractivity contribution in [1.29, 1.82) is 0 Å². The number of hydrogen-bond acceptors (Lipinski definition) is 10. The van der Waals surface area contributed by atoms with Crippen molar-refractivity contribution in [3.63, 3.8) is 0 Å². The fourth-order valence-electron chi connectivity index (χ4n) is 10.4. The monoisotopic (exact) mass is 712 g/mol. The Morgan fingerprint density at radius 2 is 1.72 bits per heavy atom. The average Bonchev–Trinajstić information content (AvgIpc) is 3.79. The summed E-state index contributed by atoms with van der Waals surface area (Å²) in [4.78, 5) is 11.9. The molecule has 5 heterocycles. The molecule has 5 fully saturated rings. The highest BCUT2D eigenvalue weighted by Gasteiger charge is 2.62. The van der Waals surface area contributed by atoms with Gasteiger partial charge in [0.2, 0.25) is 0 Å². The van der Waals surface area contributed by atoms with E-state index >= 15 is 0 Å². The fraction of sp³-hybridized carbons (Fsp3) is 0.974. The van der Waals surface area contributed by atoms with Gasteiger partial charge in [-0.15, -0.1) is 0 Å². The topological polar surface area (TPSA) is 142 Å². The molecule has 0 aromatic rings. The Morgan fingerprint density at radius 1 is 1.00 bits per heavy atom. The molecule has 17 unspecified atom stereocenters. The molecule has 11 nitrogen and oxygen atoms in total. The zero-order chi connectivity index (χ0) is 36.8. The molecule has 3 N–H and O–H groups in total. The summed E-state index contributed by atoms with van der Waals surface area (Å²) in [5, 5.41) is 31.5. The van der Waals surface area contributed by atoms with E-state index in [1.54, 1.807) is 6.92 Å². The molecule has 5 saturated heterocycles. The largest absolute Gasteiger partial charge is 0.481 e. The maximum atomic E-state index is 11.9. The average molecular weight is 713 g/mol. The molecule has 11 heteroatoms. The van der Waals surface area contributed by atoms with Crippen LogP contribution in [0.2, 0.25) is 0 Å². The molecular formula is C39H68O11. The maximum Gasteiger partial charge on any atom is 0.308 e. The van der Waals surface area contributed by atoms with Gasteiger partial charge in [0.05, 0.1) is 66.5 Å². The van der Waals surface area contributed by atoms with Crippen molar-refractivity contribution >= 4 is 5.97 Å². The third-order valence-corrected chi connectivity index (χ3v) is 13.6. The number of aliphatic hydroxyl groups is 2. The number of methoxy groups -OCH3 is 1. The minimum Gasteiger partial charge on any atom is -0.481 e. The number of ether oxygens (including phenoxy) is 7. The first-order valence-corrected chi connectivity index (χ1v) is 19.6. The summed E-state index contributed by atoms with van der Waals surface area (Å²) in [7, 11) is 1.53. The van der Waals surface area contributed by atoms with Gasteiger partial charge in [-0.3, -0.25) is 4.79 Å². The van der Waals surface area contributed by atoms with E-state index in [9.17, 15) is 20.1 Å². The van der Waals surface area contributed by atoms with Crippen molar-refractivity contribution in [1.82, 2.24) is 0 Å². The summed E-state index contributed by atoms with van der Waals surface area (Å²) < 4.78 is 46.5. The van der Waals surface area contributed by atoms with Crippen molar-refractivity contribution in [2.75, 3.05) is 20.3 Å². The van der Waals surface area contributed by atoms with E-state index in [1.165, 1.54) is 7.11 Å². The fourth-order valence-corrected chi connectivity index (χ4v) is 10.4. The minimum atomic E-state index is -1.01. The second-order valence-corrected chi connectivity index (χ2v) is 17.1. The molecule has 0 bridgehead atoms. The van der Waals surface area contributed by atoms with Crippen molar-refractivity contribution in [3.05, 3.63) is 0 Å². The number of rotatable bonds is 13. The molecule has 5 aliphatic rings. The van der Waals surface area contributed by atoms with Gasteiger partial charge in [-0.25, -0.2) is 0 Å². The van der Waals surface area contributed by atoms with E-state index in [4.69, 9.17) is 33.2 Å². The van der Waals surface area contributed by atoms with Gasteiger partial charge in [0.25, 0.3) is 0 Å². The second-order valence-electron chi connectivity index (χ2n) is 17.1. The lowest BCUT2D eigenvalue weighted by atomic mass is 9.78. The van der Waals surface area contributed by atoms with Crippen molar-refractivity contribution in [2.45, 2.75) is 186 Å². The number of carboxylic acids is 1. The van der Waals surface area contributed by atoms with E-state index in [0.29, 0.717) is 19.4 Å². The second kappa shape index (κ2) is 15.5. The molecule has 0 aromatic carbocycles. The van der Waals surface area contributed by atoms with E-state index in [1.807, 2.05) is 13.8 Å². The third kappa shape index (κ3) is 7.30. The Balaban J connectivity index is 1.29. The van der Waals surface area contributed by atoms with E-state index < -0.39 is 53.0 Å². The van der Waals surface area contributed by atoms with Crippen LogP contribution < -0.4 is 0 Å². The Labute approximate surface area is 300 Å². The van der Waals surface area contributed by atoms with Gasteiger partial charge in [-0.2, -0.15) is 0 Å². The van der Waals surface area contributed by atoms with E-state index in [0.717, 1.165) is 44.9 Å². The molecule has 0 saturated carbocycles. The molecular weight excluding hydrogens is 644 g/mol. The molecule has 1 spiro atoms. The van der Waals surface area contributed by atoms with E-state index in [-0.39, 0.29) is 60.6 Å². The van der Waals surface area contributed by atoms with Crippen LogP contribution >= 0.6 is 0 Å².